The molecule has 0 bridgehead atoms. The Kier molecular flexibility index (Phi) is 5.20. The molecule has 0 heterocycles. The summed E-state index contributed by atoms with van der Waals surface area (Å²) in [6, 6.07) is 4.45. The molecule has 0 amide bonds. The number of benzene rings is 2. The maximum atomic E-state index is 14.1. The third-order valence-corrected chi connectivity index (χ3v) is 3.11. The Labute approximate surface area is 129 Å². The van der Waals surface area contributed by atoms with Gasteiger partial charge < -0.3 is 9.47 Å². The molecular weight excluding hydrogens is 316 g/mol. The third kappa shape index (κ3) is 3.28. The number of ether oxygens (including phenoxy) is 2. The molecule has 3 nitrogen and oxygen atoms in total. The highest BCUT2D eigenvalue weighted by Crippen LogP contribution is 2.33. The number of hydrogen-bond donors (Lipinski definition) is 0. The largest absolute Gasteiger partial charge is 0.491 e. The van der Waals surface area contributed by atoms with Crippen LogP contribution in [0.2, 0.25) is 0 Å². The molecule has 0 atom stereocenters. The second-order valence-corrected chi connectivity index (χ2v) is 4.48. The van der Waals surface area contributed by atoms with Gasteiger partial charge in [0, 0.05) is 16.7 Å². The predicted molar refractivity (Wildman–Crippen MR) is 73.7 cm³/mol. The van der Waals surface area contributed by atoms with E-state index < -0.39 is 41.0 Å². The van der Waals surface area contributed by atoms with Crippen molar-refractivity contribution in [2.24, 2.45) is 0 Å². The molecule has 122 valence electrons. The monoisotopic (exact) mass is 328 g/mol. The van der Waals surface area contributed by atoms with Crippen LogP contribution >= 0.6 is 0 Å². The number of rotatable bonds is 6. The second-order valence-electron chi connectivity index (χ2n) is 4.48. The van der Waals surface area contributed by atoms with Crippen molar-refractivity contribution < 1.29 is 31.8 Å². The smallest absolute Gasteiger partial charge is 0.293 e. The number of carbonyl (C=O) groups is 1. The molecule has 0 unspecified atom stereocenters. The van der Waals surface area contributed by atoms with Crippen LogP contribution in [0.25, 0.3) is 11.1 Å². The highest BCUT2D eigenvalue weighted by atomic mass is 19.2. The fraction of sp³-hybridized carbons (Fsp3) is 0.188. The summed E-state index contributed by atoms with van der Waals surface area (Å²) < 4.78 is 65.1. The van der Waals surface area contributed by atoms with Gasteiger partial charge in [0.05, 0.1) is 6.61 Å². The Morgan fingerprint density at radius 3 is 2.13 bits per heavy atom. The number of hydrogen-bond acceptors (Lipinski definition) is 3. The topological polar surface area (TPSA) is 35.5 Å². The zero-order valence-electron chi connectivity index (χ0n) is 12.0. The van der Waals surface area contributed by atoms with Crippen molar-refractivity contribution in [2.75, 3.05) is 6.61 Å². The quantitative estimate of drug-likeness (QED) is 0.594. The van der Waals surface area contributed by atoms with Gasteiger partial charge in [-0.2, -0.15) is 4.39 Å². The van der Waals surface area contributed by atoms with Crippen LogP contribution in [-0.2, 0) is 16.1 Å². The van der Waals surface area contributed by atoms with E-state index in [-0.39, 0.29) is 24.4 Å². The molecule has 0 saturated carbocycles. The maximum absolute atomic E-state index is 14.1. The van der Waals surface area contributed by atoms with Crippen molar-refractivity contribution >= 4 is 6.47 Å². The Morgan fingerprint density at radius 1 is 0.913 bits per heavy atom. The minimum absolute atomic E-state index is 0.0900. The van der Waals surface area contributed by atoms with Crippen molar-refractivity contribution in [1.82, 2.24) is 0 Å². The molecule has 0 aliphatic carbocycles. The van der Waals surface area contributed by atoms with E-state index in [0.717, 1.165) is 24.3 Å². The summed E-state index contributed by atoms with van der Waals surface area (Å²) in [5, 5.41) is 0. The molecule has 2 aromatic rings. The average molecular weight is 328 g/mol. The molecule has 7 heteroatoms. The molecule has 0 aliphatic heterocycles. The Morgan fingerprint density at radius 2 is 1.52 bits per heavy atom. The highest BCUT2D eigenvalue weighted by molar-refractivity contribution is 5.66. The summed E-state index contributed by atoms with van der Waals surface area (Å²) in [6.07, 6.45) is 0. The first-order valence-electron chi connectivity index (χ1n) is 6.64. The normalized spacial score (nSPS) is 10.5. The van der Waals surface area contributed by atoms with Crippen molar-refractivity contribution in [3.05, 3.63) is 53.1 Å². The van der Waals surface area contributed by atoms with E-state index in [4.69, 9.17) is 4.74 Å². The first kappa shape index (κ1) is 16.8. The lowest BCUT2D eigenvalue weighted by Crippen LogP contribution is -2.02. The van der Waals surface area contributed by atoms with E-state index in [0.29, 0.717) is 0 Å². The Hall–Kier alpha value is -2.57. The van der Waals surface area contributed by atoms with Gasteiger partial charge in [-0.25, -0.2) is 13.2 Å². The van der Waals surface area contributed by atoms with Gasteiger partial charge in [0.2, 0.25) is 5.82 Å². The van der Waals surface area contributed by atoms with Crippen LogP contribution in [0, 0.1) is 23.3 Å². The van der Waals surface area contributed by atoms with Gasteiger partial charge in [-0.05, 0) is 19.1 Å². The van der Waals surface area contributed by atoms with Crippen molar-refractivity contribution in [2.45, 2.75) is 13.5 Å². The molecule has 0 aliphatic rings. The van der Waals surface area contributed by atoms with E-state index in [1.807, 2.05) is 0 Å². The second kappa shape index (κ2) is 7.13. The first-order chi connectivity index (χ1) is 11.0. The summed E-state index contributed by atoms with van der Waals surface area (Å²) >= 11 is 0. The average Bonchev–Trinajstić information content (AvgIpc) is 2.54. The standard InChI is InChI=1S/C16H12F4O3/c1-2-23-12-6-5-11(15(19)16(12)20)10-4-3-9(7-22-8-21)13(17)14(10)18/h3-6,8H,2,7H2,1H3. The van der Waals surface area contributed by atoms with Crippen LogP contribution < -0.4 is 4.74 Å². The fourth-order valence-corrected chi connectivity index (χ4v) is 2.04. The summed E-state index contributed by atoms with van der Waals surface area (Å²) in [5.74, 6) is -5.59. The van der Waals surface area contributed by atoms with Gasteiger partial charge in [-0.3, -0.25) is 4.79 Å². The molecule has 0 radical (unpaired) electrons. The predicted octanol–water partition coefficient (Wildman–Crippen LogP) is 3.98. The lowest BCUT2D eigenvalue weighted by molar-refractivity contribution is -0.129. The summed E-state index contributed by atoms with van der Waals surface area (Å²) in [5.41, 5.74) is -1.10. The van der Waals surface area contributed by atoms with E-state index in [1.165, 1.54) is 0 Å². The molecule has 0 aromatic heterocycles. The fourth-order valence-electron chi connectivity index (χ4n) is 2.04. The first-order valence-corrected chi connectivity index (χ1v) is 6.64. The van der Waals surface area contributed by atoms with Crippen LogP contribution in [0.5, 0.6) is 5.75 Å². The van der Waals surface area contributed by atoms with E-state index in [9.17, 15) is 22.4 Å². The lowest BCUT2D eigenvalue weighted by Gasteiger charge is -2.11. The van der Waals surface area contributed by atoms with Gasteiger partial charge >= 0.3 is 0 Å². The summed E-state index contributed by atoms with van der Waals surface area (Å²) in [6.45, 7) is 1.35. The molecule has 0 fully saturated rings. The lowest BCUT2D eigenvalue weighted by atomic mass is 10.0. The number of carbonyl (C=O) groups excluding carboxylic acids is 1. The zero-order chi connectivity index (χ0) is 17.0. The van der Waals surface area contributed by atoms with E-state index in [2.05, 4.69) is 4.74 Å². The van der Waals surface area contributed by atoms with Crippen LogP contribution in [0.4, 0.5) is 17.6 Å². The van der Waals surface area contributed by atoms with Crippen molar-refractivity contribution in [3.63, 3.8) is 0 Å². The molecule has 23 heavy (non-hydrogen) atoms. The molecule has 2 aromatic carbocycles. The van der Waals surface area contributed by atoms with E-state index in [1.54, 1.807) is 6.92 Å². The SMILES string of the molecule is CCOc1ccc(-c2ccc(COC=O)c(F)c2F)c(F)c1F. The summed E-state index contributed by atoms with van der Waals surface area (Å²) in [7, 11) is 0. The van der Waals surface area contributed by atoms with Gasteiger partial charge in [-0.1, -0.05) is 12.1 Å². The van der Waals surface area contributed by atoms with Gasteiger partial charge in [-0.15, -0.1) is 0 Å². The Balaban J connectivity index is 2.49. The van der Waals surface area contributed by atoms with Crippen LogP contribution in [0.15, 0.2) is 24.3 Å². The molecule has 0 N–H and O–H groups in total. The van der Waals surface area contributed by atoms with Gasteiger partial charge in [0.15, 0.2) is 23.2 Å². The zero-order valence-corrected chi connectivity index (χ0v) is 12.0. The third-order valence-electron chi connectivity index (χ3n) is 3.11. The minimum Gasteiger partial charge on any atom is -0.491 e. The number of halogens is 4. The molecule has 0 spiro atoms. The van der Waals surface area contributed by atoms with Crippen LogP contribution in [0.3, 0.4) is 0 Å². The van der Waals surface area contributed by atoms with Crippen molar-refractivity contribution in [1.29, 1.82) is 0 Å². The molecule has 2 rings (SSSR count). The minimum atomic E-state index is -1.36. The highest BCUT2D eigenvalue weighted by Gasteiger charge is 2.21. The summed E-state index contributed by atoms with van der Waals surface area (Å²) in [4.78, 5) is 10.1. The molecular formula is C16H12F4O3. The van der Waals surface area contributed by atoms with E-state index >= 15 is 0 Å². The van der Waals surface area contributed by atoms with Crippen molar-refractivity contribution in [3.8, 4) is 16.9 Å². The maximum Gasteiger partial charge on any atom is 0.293 e. The van der Waals surface area contributed by atoms with Crippen LogP contribution in [-0.4, -0.2) is 13.1 Å². The Bertz CT molecular complexity index is 732. The molecule has 0 saturated heterocycles. The van der Waals surface area contributed by atoms with Crippen LogP contribution in [0.1, 0.15) is 12.5 Å². The van der Waals surface area contributed by atoms with Gasteiger partial charge in [0.25, 0.3) is 6.47 Å². The van der Waals surface area contributed by atoms with Gasteiger partial charge in [0.1, 0.15) is 6.61 Å².